The van der Waals surface area contributed by atoms with E-state index in [1.54, 1.807) is 9.80 Å². The molecule has 2 aliphatic carbocycles. The summed E-state index contributed by atoms with van der Waals surface area (Å²) in [6.45, 7) is 6.97. The predicted octanol–water partition coefficient (Wildman–Crippen LogP) is 2.70. The van der Waals surface area contributed by atoms with Gasteiger partial charge < -0.3 is 30.9 Å². The summed E-state index contributed by atoms with van der Waals surface area (Å²) in [6.07, 6.45) is 12.5. The number of carbonyl (C=O) groups is 1. The number of fused-ring (bicyclic) bond motifs is 2. The molecule has 5 N–H and O–H groups in total. The molecule has 8 heteroatoms. The molecular formula is C27H36N6O2. The van der Waals surface area contributed by atoms with E-state index in [0.29, 0.717) is 6.04 Å². The second-order valence-electron chi connectivity index (χ2n) is 9.42. The van der Waals surface area contributed by atoms with E-state index in [1.807, 2.05) is 33.2 Å². The van der Waals surface area contributed by atoms with E-state index in [1.165, 1.54) is 23.0 Å². The van der Waals surface area contributed by atoms with Gasteiger partial charge in [-0.15, -0.1) is 0 Å². The molecule has 2 heterocycles. The number of amides is 1. The van der Waals surface area contributed by atoms with E-state index >= 15 is 0 Å². The van der Waals surface area contributed by atoms with Crippen LogP contribution in [0.3, 0.4) is 0 Å². The van der Waals surface area contributed by atoms with Crippen molar-refractivity contribution in [3.63, 3.8) is 0 Å². The van der Waals surface area contributed by atoms with Crippen molar-refractivity contribution in [3.05, 3.63) is 70.6 Å². The summed E-state index contributed by atoms with van der Waals surface area (Å²) >= 11 is 0. The van der Waals surface area contributed by atoms with Crippen molar-refractivity contribution in [1.29, 1.82) is 5.41 Å². The predicted molar refractivity (Wildman–Crippen MR) is 141 cm³/mol. The number of nitrogens with one attached hydrogen (secondary N) is 3. The highest BCUT2D eigenvalue weighted by Crippen LogP contribution is 2.36. The highest BCUT2D eigenvalue weighted by molar-refractivity contribution is 5.84. The van der Waals surface area contributed by atoms with Gasteiger partial charge in [0.05, 0.1) is 24.5 Å². The Kier molecular flexibility index (Phi) is 7.73. The van der Waals surface area contributed by atoms with Crippen molar-refractivity contribution in [1.82, 2.24) is 20.4 Å². The zero-order valence-corrected chi connectivity index (χ0v) is 20.8. The normalized spacial score (nSPS) is 22.1. The zero-order chi connectivity index (χ0) is 24.9. The number of rotatable bonds is 3. The lowest BCUT2D eigenvalue weighted by atomic mass is 9.94. The van der Waals surface area contributed by atoms with Gasteiger partial charge in [-0.1, -0.05) is 24.3 Å². The average molecular weight is 477 g/mol. The Hall–Kier alpha value is -3.36. The van der Waals surface area contributed by atoms with Crippen LogP contribution in [-0.4, -0.2) is 73.6 Å². The maximum Gasteiger partial charge on any atom is 0.410 e. The Morgan fingerprint density at radius 3 is 2.77 bits per heavy atom. The van der Waals surface area contributed by atoms with Gasteiger partial charge in [-0.05, 0) is 72.5 Å². The third kappa shape index (κ3) is 5.66. The standard InChI is InChI=1S/C19H20N4.C8H16N2O2/c1-23(11-20)18-8-12-4-5-13-10-17-14(3-2-6-22-17)9-16(19(18)21)15(13)7-12;1-7(2)12-8(11)10-5-3-9-4-6-10/h2-9,11,17,19-20,22H,10,21H2,1H3;7,9H,3-6H2,1-2H3. The molecule has 1 fully saturated rings. The van der Waals surface area contributed by atoms with Crippen LogP contribution in [0.4, 0.5) is 4.79 Å². The number of hydrogen-bond donors (Lipinski definition) is 4. The van der Waals surface area contributed by atoms with Gasteiger partial charge in [0.25, 0.3) is 0 Å². The number of dihydropyridines is 1. The highest BCUT2D eigenvalue weighted by Gasteiger charge is 2.29. The first-order valence-corrected chi connectivity index (χ1v) is 12.2. The Morgan fingerprint density at radius 1 is 1.29 bits per heavy atom. The lowest BCUT2D eigenvalue weighted by Gasteiger charge is -2.27. The molecule has 4 aliphatic rings. The van der Waals surface area contributed by atoms with Gasteiger partial charge in [-0.2, -0.15) is 0 Å². The SMILES string of the molecule is CC(C)OC(=O)N1CCNCC1.CN(C=N)C1=Cc2ccc3c(c2)C(=CC2=CC=CNC2C3)C1N. The fourth-order valence-electron chi connectivity index (χ4n) is 4.67. The van der Waals surface area contributed by atoms with Gasteiger partial charge >= 0.3 is 6.09 Å². The second-order valence-corrected chi connectivity index (χ2v) is 9.42. The minimum atomic E-state index is -0.245. The van der Waals surface area contributed by atoms with Crippen LogP contribution in [-0.2, 0) is 11.2 Å². The minimum Gasteiger partial charge on any atom is -0.447 e. The summed E-state index contributed by atoms with van der Waals surface area (Å²) in [6, 6.07) is 6.61. The van der Waals surface area contributed by atoms with Gasteiger partial charge in [0, 0.05) is 38.9 Å². The van der Waals surface area contributed by atoms with Crippen LogP contribution >= 0.6 is 0 Å². The first-order chi connectivity index (χ1) is 16.9. The quantitative estimate of drug-likeness (QED) is 0.395. The molecular weight excluding hydrogens is 440 g/mol. The van der Waals surface area contributed by atoms with Gasteiger partial charge in [0.2, 0.25) is 0 Å². The number of ether oxygens (including phenoxy) is 1. The van der Waals surface area contributed by atoms with E-state index in [9.17, 15) is 4.79 Å². The van der Waals surface area contributed by atoms with Crippen molar-refractivity contribution < 1.29 is 9.53 Å². The largest absolute Gasteiger partial charge is 0.447 e. The molecule has 2 atom stereocenters. The van der Waals surface area contributed by atoms with Crippen LogP contribution in [0, 0.1) is 5.41 Å². The summed E-state index contributed by atoms with van der Waals surface area (Å²) < 4.78 is 5.05. The first kappa shape index (κ1) is 24.8. The Labute approximate surface area is 207 Å². The van der Waals surface area contributed by atoms with Gasteiger partial charge in [-0.3, -0.25) is 5.41 Å². The first-order valence-electron chi connectivity index (χ1n) is 12.2. The third-order valence-corrected chi connectivity index (χ3v) is 6.56. The van der Waals surface area contributed by atoms with Crippen LogP contribution in [0.5, 0.6) is 0 Å². The molecule has 2 bridgehead atoms. The van der Waals surface area contributed by atoms with E-state index in [4.69, 9.17) is 15.9 Å². The highest BCUT2D eigenvalue weighted by atomic mass is 16.6. The van der Waals surface area contributed by atoms with Crippen LogP contribution in [0.15, 0.2) is 53.9 Å². The monoisotopic (exact) mass is 476 g/mol. The molecule has 8 nitrogen and oxygen atoms in total. The fourth-order valence-corrected chi connectivity index (χ4v) is 4.67. The molecule has 1 aromatic carbocycles. The van der Waals surface area contributed by atoms with Crippen molar-refractivity contribution in [2.75, 3.05) is 33.2 Å². The lowest BCUT2D eigenvalue weighted by molar-refractivity contribution is 0.0732. The molecule has 35 heavy (non-hydrogen) atoms. The number of nitrogens with zero attached hydrogens (tertiary/aromatic N) is 2. The number of nitrogens with two attached hydrogens (primary N) is 1. The molecule has 186 valence electrons. The summed E-state index contributed by atoms with van der Waals surface area (Å²) in [5.74, 6) is 0. The molecule has 1 amide bonds. The molecule has 1 saturated heterocycles. The molecule has 0 radical (unpaired) electrons. The van der Waals surface area contributed by atoms with Gasteiger partial charge in [0.15, 0.2) is 0 Å². The van der Waals surface area contributed by atoms with Crippen LogP contribution in [0.1, 0.15) is 30.5 Å². The van der Waals surface area contributed by atoms with Crippen molar-refractivity contribution >= 4 is 24.1 Å². The maximum absolute atomic E-state index is 11.3. The van der Waals surface area contributed by atoms with Crippen molar-refractivity contribution in [3.8, 4) is 0 Å². The van der Waals surface area contributed by atoms with Crippen molar-refractivity contribution in [2.24, 2.45) is 5.73 Å². The minimum absolute atomic E-state index is 0.0209. The van der Waals surface area contributed by atoms with Gasteiger partial charge in [-0.25, -0.2) is 4.79 Å². The van der Waals surface area contributed by atoms with E-state index < -0.39 is 0 Å². The van der Waals surface area contributed by atoms with Crippen LogP contribution in [0.2, 0.25) is 0 Å². The third-order valence-electron chi connectivity index (χ3n) is 6.56. The summed E-state index contributed by atoms with van der Waals surface area (Å²) in [4.78, 5) is 14.8. The topological polar surface area (TPSA) is 107 Å². The number of carbonyl (C=O) groups excluding carboxylic acids is 1. The molecule has 0 saturated carbocycles. The van der Waals surface area contributed by atoms with E-state index in [0.717, 1.165) is 49.4 Å². The Bertz CT molecular complexity index is 1080. The summed E-state index contributed by atoms with van der Waals surface area (Å²) in [5, 5.41) is 14.2. The summed E-state index contributed by atoms with van der Waals surface area (Å²) in [5.41, 5.74) is 13.6. The molecule has 1 aromatic rings. The number of hydrogen-bond acceptors (Lipinski definition) is 6. The fraction of sp³-hybridized carbons (Fsp3) is 0.407. The summed E-state index contributed by atoms with van der Waals surface area (Å²) in [7, 11) is 1.87. The molecule has 2 aliphatic heterocycles. The van der Waals surface area contributed by atoms with Crippen LogP contribution < -0.4 is 16.4 Å². The van der Waals surface area contributed by atoms with E-state index in [-0.39, 0.29) is 18.2 Å². The molecule has 0 spiro atoms. The molecule has 2 unspecified atom stereocenters. The van der Waals surface area contributed by atoms with Crippen molar-refractivity contribution in [2.45, 2.75) is 38.5 Å². The number of piperazine rings is 1. The average Bonchev–Trinajstić information content (AvgIpc) is 3.09. The van der Waals surface area contributed by atoms with E-state index in [2.05, 4.69) is 47.1 Å². The smallest absolute Gasteiger partial charge is 0.410 e. The second kappa shape index (κ2) is 10.9. The van der Waals surface area contributed by atoms with Crippen LogP contribution in [0.25, 0.3) is 11.6 Å². The lowest BCUT2D eigenvalue weighted by Crippen LogP contribution is -2.47. The number of allylic oxidation sites excluding steroid dienone is 2. The Balaban J connectivity index is 0.000000204. The Morgan fingerprint density at radius 2 is 2.06 bits per heavy atom. The zero-order valence-electron chi connectivity index (χ0n) is 20.8. The van der Waals surface area contributed by atoms with Gasteiger partial charge in [0.1, 0.15) is 0 Å². The molecule has 0 aromatic heterocycles. The number of likely N-dealkylation sites (N-methyl/N-ethyl adjacent to an activating group) is 1. The number of benzene rings is 1. The maximum atomic E-state index is 11.3. The molecule has 5 rings (SSSR count).